The highest BCUT2D eigenvalue weighted by molar-refractivity contribution is 5.98. The van der Waals surface area contributed by atoms with Crippen LogP contribution < -0.4 is 10.2 Å². The lowest BCUT2D eigenvalue weighted by Gasteiger charge is -2.20. The maximum Gasteiger partial charge on any atom is 0.140 e. The number of benzene rings is 1. The summed E-state index contributed by atoms with van der Waals surface area (Å²) in [5, 5.41) is 16.1. The maximum atomic E-state index is 13.4. The minimum atomic E-state index is -0.492. The number of nitrogens with zero attached hydrogens (tertiary/aromatic N) is 2. The van der Waals surface area contributed by atoms with E-state index in [4.69, 9.17) is 20.3 Å². The Bertz CT molecular complexity index is 791. The lowest BCUT2D eigenvalue weighted by molar-refractivity contribution is 0.138. The van der Waals surface area contributed by atoms with Gasteiger partial charge in [-0.25, -0.2) is 4.39 Å². The van der Waals surface area contributed by atoms with Crippen LogP contribution in [-0.2, 0) is 4.74 Å². The predicted octanol–water partition coefficient (Wildman–Crippen LogP) is 2.33. The van der Waals surface area contributed by atoms with E-state index in [2.05, 4.69) is 11.8 Å². The predicted molar refractivity (Wildman–Crippen MR) is 98.4 cm³/mol. The number of nitrogens with one attached hydrogen (secondary N) is 2. The molecule has 0 saturated heterocycles. The zero-order chi connectivity index (χ0) is 18.9. The molecular weight excluding hydrogens is 335 g/mol. The minimum absolute atomic E-state index is 0.0234. The van der Waals surface area contributed by atoms with E-state index in [0.717, 1.165) is 25.8 Å². The molecule has 0 spiro atoms. The van der Waals surface area contributed by atoms with Gasteiger partial charge in [-0.15, -0.1) is 0 Å². The van der Waals surface area contributed by atoms with Gasteiger partial charge in [-0.05, 0) is 30.8 Å². The molecule has 0 aliphatic rings. The molecule has 26 heavy (non-hydrogen) atoms. The molecule has 2 rings (SSSR count). The number of aromatic nitrogens is 1. The molecular formula is C19H25FN4O2. The van der Waals surface area contributed by atoms with Crippen LogP contribution in [0.4, 0.5) is 4.39 Å². The molecule has 2 N–H and O–H groups in total. The molecule has 0 aliphatic carbocycles. The lowest BCUT2D eigenvalue weighted by Crippen LogP contribution is -2.31. The van der Waals surface area contributed by atoms with Crippen LogP contribution in [0.5, 0.6) is 5.75 Å². The van der Waals surface area contributed by atoms with Crippen molar-refractivity contribution in [2.45, 2.75) is 6.92 Å². The average molecular weight is 360 g/mol. The molecule has 0 radical (unpaired) electrons. The summed E-state index contributed by atoms with van der Waals surface area (Å²) in [4.78, 5) is 2.23. The Morgan fingerprint density at radius 1 is 1.19 bits per heavy atom. The largest absolute Gasteiger partial charge is 0.492 e. The SMILES string of the molecule is CCN(CCOC)CCOc1cccc(C(=N)n2cc(F)ccc2=N)c1. The molecule has 0 amide bonds. The van der Waals surface area contributed by atoms with Crippen molar-refractivity contribution in [1.82, 2.24) is 9.47 Å². The number of ether oxygens (including phenoxy) is 2. The van der Waals surface area contributed by atoms with E-state index in [1.165, 1.54) is 16.7 Å². The summed E-state index contributed by atoms with van der Waals surface area (Å²) in [7, 11) is 1.68. The van der Waals surface area contributed by atoms with Crippen molar-refractivity contribution in [3.8, 4) is 5.75 Å². The van der Waals surface area contributed by atoms with Crippen LogP contribution in [0.3, 0.4) is 0 Å². The minimum Gasteiger partial charge on any atom is -0.492 e. The van der Waals surface area contributed by atoms with Crippen molar-refractivity contribution >= 4 is 5.84 Å². The van der Waals surface area contributed by atoms with E-state index >= 15 is 0 Å². The topological polar surface area (TPSA) is 74.3 Å². The van der Waals surface area contributed by atoms with E-state index in [-0.39, 0.29) is 11.3 Å². The molecule has 1 aromatic carbocycles. The van der Waals surface area contributed by atoms with Gasteiger partial charge in [-0.1, -0.05) is 19.1 Å². The van der Waals surface area contributed by atoms with Crippen molar-refractivity contribution in [2.24, 2.45) is 0 Å². The fourth-order valence-electron chi connectivity index (χ4n) is 2.47. The highest BCUT2D eigenvalue weighted by atomic mass is 19.1. The molecule has 6 nitrogen and oxygen atoms in total. The first-order chi connectivity index (χ1) is 12.5. The molecule has 0 saturated carbocycles. The van der Waals surface area contributed by atoms with Crippen LogP contribution >= 0.6 is 0 Å². The Kier molecular flexibility index (Phi) is 7.50. The normalized spacial score (nSPS) is 10.9. The molecule has 7 heteroatoms. The van der Waals surface area contributed by atoms with Crippen molar-refractivity contribution in [3.63, 3.8) is 0 Å². The molecule has 0 aliphatic heterocycles. The lowest BCUT2D eigenvalue weighted by atomic mass is 10.2. The summed E-state index contributed by atoms with van der Waals surface area (Å²) in [6.45, 7) is 5.83. The van der Waals surface area contributed by atoms with Crippen molar-refractivity contribution in [2.75, 3.05) is 40.0 Å². The monoisotopic (exact) mass is 360 g/mol. The summed E-state index contributed by atoms with van der Waals surface area (Å²) < 4.78 is 25.5. The van der Waals surface area contributed by atoms with Crippen LogP contribution in [0.25, 0.3) is 0 Å². The molecule has 0 unspecified atom stereocenters. The van der Waals surface area contributed by atoms with E-state index in [0.29, 0.717) is 24.5 Å². The highest BCUT2D eigenvalue weighted by Crippen LogP contribution is 2.14. The summed E-state index contributed by atoms with van der Waals surface area (Å²) in [6.07, 6.45) is 1.13. The summed E-state index contributed by atoms with van der Waals surface area (Å²) in [5.74, 6) is 0.169. The highest BCUT2D eigenvalue weighted by Gasteiger charge is 2.08. The van der Waals surface area contributed by atoms with Gasteiger partial charge >= 0.3 is 0 Å². The van der Waals surface area contributed by atoms with Crippen molar-refractivity contribution < 1.29 is 13.9 Å². The van der Waals surface area contributed by atoms with Crippen LogP contribution in [0.2, 0.25) is 0 Å². The van der Waals surface area contributed by atoms with Crippen LogP contribution in [0, 0.1) is 16.6 Å². The number of methoxy groups -OCH3 is 1. The molecule has 0 atom stereocenters. The number of hydrogen-bond acceptors (Lipinski definition) is 5. The van der Waals surface area contributed by atoms with Crippen molar-refractivity contribution in [1.29, 1.82) is 10.8 Å². The smallest absolute Gasteiger partial charge is 0.140 e. The van der Waals surface area contributed by atoms with Gasteiger partial charge in [0.05, 0.1) is 6.61 Å². The van der Waals surface area contributed by atoms with Gasteiger partial charge in [0.15, 0.2) is 0 Å². The van der Waals surface area contributed by atoms with E-state index in [1.54, 1.807) is 25.3 Å². The fourth-order valence-corrected chi connectivity index (χ4v) is 2.47. The van der Waals surface area contributed by atoms with Gasteiger partial charge in [-0.3, -0.25) is 20.3 Å². The Morgan fingerprint density at radius 3 is 2.69 bits per heavy atom. The molecule has 1 heterocycles. The quantitative estimate of drug-likeness (QED) is 0.532. The van der Waals surface area contributed by atoms with Crippen molar-refractivity contribution in [3.05, 3.63) is 59.5 Å². The first kappa shape index (κ1) is 19.8. The van der Waals surface area contributed by atoms with Gasteiger partial charge in [0.25, 0.3) is 0 Å². The fraction of sp³-hybridized carbons (Fsp3) is 0.368. The number of likely N-dealkylation sites (N-methyl/N-ethyl adjacent to an activating group) is 1. The van der Waals surface area contributed by atoms with Gasteiger partial charge in [0.1, 0.15) is 29.5 Å². The standard InChI is InChI=1S/C19H25FN4O2/c1-3-23(9-11-25-2)10-12-26-17-6-4-5-15(13-17)19(22)24-14-16(20)7-8-18(24)21/h4-8,13-14,21-22H,3,9-12H2,1-2H3. The number of halogens is 1. The molecule has 0 fully saturated rings. The zero-order valence-electron chi connectivity index (χ0n) is 15.2. The Morgan fingerprint density at radius 2 is 1.96 bits per heavy atom. The Labute approximate surface area is 152 Å². The molecule has 1 aromatic heterocycles. The number of pyridine rings is 1. The summed E-state index contributed by atoms with van der Waals surface area (Å²) >= 11 is 0. The van der Waals surface area contributed by atoms with Gasteiger partial charge in [0, 0.05) is 32.0 Å². The maximum absolute atomic E-state index is 13.4. The summed E-state index contributed by atoms with van der Waals surface area (Å²) in [5.41, 5.74) is 0.595. The number of hydrogen-bond donors (Lipinski definition) is 2. The van der Waals surface area contributed by atoms with E-state index in [9.17, 15) is 4.39 Å². The Balaban J connectivity index is 2.02. The van der Waals surface area contributed by atoms with Crippen LogP contribution in [0.1, 0.15) is 12.5 Å². The second-order valence-corrected chi connectivity index (χ2v) is 5.75. The van der Waals surface area contributed by atoms with Crippen LogP contribution in [0.15, 0.2) is 42.6 Å². The third kappa shape index (κ3) is 5.50. The number of rotatable bonds is 9. The summed E-state index contributed by atoms with van der Waals surface area (Å²) in [6, 6.07) is 9.60. The first-order valence-electron chi connectivity index (χ1n) is 8.51. The zero-order valence-corrected chi connectivity index (χ0v) is 15.2. The first-order valence-corrected chi connectivity index (χ1v) is 8.51. The van der Waals surface area contributed by atoms with E-state index < -0.39 is 5.82 Å². The molecule has 0 bridgehead atoms. The second-order valence-electron chi connectivity index (χ2n) is 5.75. The third-order valence-electron chi connectivity index (χ3n) is 4.00. The van der Waals surface area contributed by atoms with Gasteiger partial charge < -0.3 is 9.47 Å². The molecule has 140 valence electrons. The van der Waals surface area contributed by atoms with Gasteiger partial charge in [0.2, 0.25) is 0 Å². The molecule has 2 aromatic rings. The Hall–Kier alpha value is -2.51. The van der Waals surface area contributed by atoms with Crippen LogP contribution in [-0.4, -0.2) is 55.3 Å². The van der Waals surface area contributed by atoms with Gasteiger partial charge in [-0.2, -0.15) is 0 Å². The third-order valence-corrected chi connectivity index (χ3v) is 4.00. The van der Waals surface area contributed by atoms with E-state index in [1.807, 2.05) is 6.07 Å². The second kappa shape index (κ2) is 9.84. The average Bonchev–Trinajstić information content (AvgIpc) is 2.66.